The molecule has 5 heterocycles. The number of aromatic nitrogens is 2. The molecule has 3 N–H and O–H groups in total. The second-order valence-corrected chi connectivity index (χ2v) is 13.7. The number of carbonyl (C=O) groups is 2. The summed E-state index contributed by atoms with van der Waals surface area (Å²) >= 11 is 7.06. The number of carbonyl (C=O) groups excluding carboxylic acids is 2. The number of halogens is 1. The first-order valence-electron chi connectivity index (χ1n) is 16.3. The Morgan fingerprint density at radius 1 is 1.10 bits per heavy atom. The topological polar surface area (TPSA) is 120 Å². The van der Waals surface area contributed by atoms with Crippen LogP contribution in [-0.2, 0) is 17.9 Å². The van der Waals surface area contributed by atoms with Gasteiger partial charge in [-0.1, -0.05) is 41.9 Å². The highest BCUT2D eigenvalue weighted by molar-refractivity contribution is 6.35. The largest absolute Gasteiger partial charge is 0.496 e. The second kappa shape index (κ2) is 13.3. The molecule has 2 amide bonds. The van der Waals surface area contributed by atoms with Gasteiger partial charge in [0.15, 0.2) is 0 Å². The molecule has 0 radical (unpaired) electrons. The Morgan fingerprint density at radius 3 is 2.67 bits per heavy atom. The van der Waals surface area contributed by atoms with Crippen LogP contribution in [0.3, 0.4) is 0 Å². The molecule has 0 saturated carbocycles. The van der Waals surface area contributed by atoms with Crippen molar-refractivity contribution in [1.29, 1.82) is 0 Å². The maximum atomic E-state index is 13.2. The first-order chi connectivity index (χ1) is 23.2. The van der Waals surface area contributed by atoms with Crippen LogP contribution < -0.4 is 15.4 Å². The van der Waals surface area contributed by atoms with Crippen molar-refractivity contribution in [3.05, 3.63) is 94.4 Å². The molecule has 1 atom stereocenters. The van der Waals surface area contributed by atoms with Crippen LogP contribution in [0, 0.1) is 12.3 Å². The minimum Gasteiger partial charge on any atom is -0.496 e. The van der Waals surface area contributed by atoms with Crippen LogP contribution in [0.2, 0.25) is 5.02 Å². The van der Waals surface area contributed by atoms with Crippen molar-refractivity contribution in [3.8, 4) is 28.1 Å². The molecule has 3 aliphatic rings. The molecule has 0 unspecified atom stereocenters. The Morgan fingerprint density at radius 2 is 1.96 bits per heavy atom. The van der Waals surface area contributed by atoms with Gasteiger partial charge >= 0.3 is 0 Å². The summed E-state index contributed by atoms with van der Waals surface area (Å²) in [6.07, 6.45) is 4.58. The third-order valence-corrected chi connectivity index (χ3v) is 10.1. The standard InChI is InChI=1S/C37H39ClN6O4/c1-23-28(4-3-5-30(23)42-36(47)31-9-6-24(16-40-31)17-43-13-11-27(45)19-43)29-10-12-39-35(34(29)38)25-7-8-26(32(14-25)48-2)18-44-21-37(22-44)15-33(46)41-20-37/h3-10,12,14,16,27,45H,11,13,15,17-22H2,1-2H3,(H,41,46)(H,42,47)/t27-/m1/s1. The lowest BCUT2D eigenvalue weighted by Gasteiger charge is -2.47. The van der Waals surface area contributed by atoms with E-state index in [1.165, 1.54) is 0 Å². The zero-order chi connectivity index (χ0) is 33.4. The van der Waals surface area contributed by atoms with Crippen LogP contribution in [0.4, 0.5) is 5.69 Å². The summed E-state index contributed by atoms with van der Waals surface area (Å²) in [6, 6.07) is 17.3. The number of β-amino-alcohol motifs (C(OH)–C–C–N with tert-alkyl or cyclic N) is 1. The maximum absolute atomic E-state index is 13.2. The van der Waals surface area contributed by atoms with Gasteiger partial charge in [0.2, 0.25) is 5.91 Å². The predicted molar refractivity (Wildman–Crippen MR) is 185 cm³/mol. The van der Waals surface area contributed by atoms with Gasteiger partial charge in [-0.3, -0.25) is 29.4 Å². The van der Waals surface area contributed by atoms with Gasteiger partial charge in [-0.05, 0) is 54.3 Å². The fourth-order valence-electron chi connectivity index (χ4n) is 7.22. The van der Waals surface area contributed by atoms with E-state index in [1.54, 1.807) is 25.6 Å². The molecular weight excluding hydrogens is 628 g/mol. The molecule has 48 heavy (non-hydrogen) atoms. The van der Waals surface area contributed by atoms with E-state index >= 15 is 0 Å². The molecule has 10 nitrogen and oxygen atoms in total. The minimum atomic E-state index is -0.297. The molecule has 0 bridgehead atoms. The van der Waals surface area contributed by atoms with E-state index < -0.39 is 0 Å². The Hall–Kier alpha value is -4.35. The van der Waals surface area contributed by atoms with Crippen LogP contribution in [0.15, 0.2) is 67.0 Å². The van der Waals surface area contributed by atoms with Gasteiger partial charge in [0, 0.05) is 92.4 Å². The lowest BCUT2D eigenvalue weighted by Crippen LogP contribution is -2.56. The number of hydrogen-bond donors (Lipinski definition) is 3. The molecule has 248 valence electrons. The Balaban J connectivity index is 1.06. The van der Waals surface area contributed by atoms with Crippen LogP contribution in [-0.4, -0.2) is 82.6 Å². The Bertz CT molecular complexity index is 1860. The molecule has 2 aromatic heterocycles. The number of nitrogens with zero attached hydrogens (tertiary/aromatic N) is 4. The maximum Gasteiger partial charge on any atom is 0.274 e. The van der Waals surface area contributed by atoms with Crippen molar-refractivity contribution in [3.63, 3.8) is 0 Å². The van der Waals surface area contributed by atoms with Gasteiger partial charge in [-0.2, -0.15) is 0 Å². The molecule has 0 aliphatic carbocycles. The highest BCUT2D eigenvalue weighted by Crippen LogP contribution is 2.41. The highest BCUT2D eigenvalue weighted by Gasteiger charge is 2.47. The molecular formula is C37H39ClN6O4. The van der Waals surface area contributed by atoms with E-state index in [2.05, 4.69) is 36.5 Å². The number of rotatable bonds is 9. The van der Waals surface area contributed by atoms with Gasteiger partial charge in [0.1, 0.15) is 11.4 Å². The third-order valence-electron chi connectivity index (χ3n) is 9.74. The molecule has 1 spiro atoms. The number of methoxy groups -OCH3 is 1. The first-order valence-corrected chi connectivity index (χ1v) is 16.7. The third kappa shape index (κ3) is 6.53. The predicted octanol–water partition coefficient (Wildman–Crippen LogP) is 4.92. The highest BCUT2D eigenvalue weighted by atomic mass is 35.5. The van der Waals surface area contributed by atoms with Crippen molar-refractivity contribution in [2.75, 3.05) is 45.2 Å². The Labute approximate surface area is 285 Å². The van der Waals surface area contributed by atoms with Crippen molar-refractivity contribution in [2.45, 2.75) is 39.0 Å². The van der Waals surface area contributed by atoms with Crippen molar-refractivity contribution < 1.29 is 19.4 Å². The summed E-state index contributed by atoms with van der Waals surface area (Å²) in [7, 11) is 1.67. The van der Waals surface area contributed by atoms with E-state index in [4.69, 9.17) is 16.3 Å². The molecule has 7 rings (SSSR count). The normalized spacial score (nSPS) is 18.9. The number of ether oxygens (including phenoxy) is 1. The van der Waals surface area contributed by atoms with Crippen LogP contribution in [0.5, 0.6) is 5.75 Å². The quantitative estimate of drug-likeness (QED) is 0.230. The number of benzene rings is 2. The molecule has 4 aromatic rings. The van der Waals surface area contributed by atoms with Crippen LogP contribution >= 0.6 is 11.6 Å². The van der Waals surface area contributed by atoms with Gasteiger partial charge in [0.25, 0.3) is 5.91 Å². The number of anilines is 1. The van der Waals surface area contributed by atoms with Gasteiger partial charge in [-0.25, -0.2) is 0 Å². The molecule has 2 aromatic carbocycles. The smallest absolute Gasteiger partial charge is 0.274 e. The number of likely N-dealkylation sites (tertiary alicyclic amines) is 2. The molecule has 3 fully saturated rings. The summed E-state index contributed by atoms with van der Waals surface area (Å²) in [4.78, 5) is 38.5. The number of nitrogens with one attached hydrogen (secondary N) is 2. The first kappa shape index (κ1) is 32.2. The van der Waals surface area contributed by atoms with E-state index in [0.717, 1.165) is 78.3 Å². The van der Waals surface area contributed by atoms with E-state index in [0.29, 0.717) is 41.6 Å². The molecule has 11 heteroatoms. The summed E-state index contributed by atoms with van der Waals surface area (Å²) < 4.78 is 5.79. The number of aliphatic hydroxyl groups is 1. The summed E-state index contributed by atoms with van der Waals surface area (Å²) in [5.41, 5.74) is 7.16. The fourth-order valence-corrected chi connectivity index (χ4v) is 7.54. The number of aliphatic hydroxyl groups excluding tert-OH is 1. The van der Waals surface area contributed by atoms with Crippen molar-refractivity contribution in [2.24, 2.45) is 5.41 Å². The Kier molecular flexibility index (Phi) is 8.91. The van der Waals surface area contributed by atoms with Crippen LogP contribution in [0.1, 0.15) is 40.0 Å². The van der Waals surface area contributed by atoms with Gasteiger partial charge in [0.05, 0.1) is 23.9 Å². The molecule has 3 aliphatic heterocycles. The van der Waals surface area contributed by atoms with Crippen LogP contribution in [0.25, 0.3) is 22.4 Å². The van der Waals surface area contributed by atoms with Gasteiger partial charge < -0.3 is 20.5 Å². The van der Waals surface area contributed by atoms with E-state index in [-0.39, 0.29) is 23.3 Å². The summed E-state index contributed by atoms with van der Waals surface area (Å²) in [5, 5.41) is 16.3. The monoisotopic (exact) mass is 666 g/mol. The SMILES string of the molecule is COc1cc(-c2nccc(-c3cccc(NC(=O)c4ccc(CN5CC[C@@H](O)C5)cn4)c3C)c2Cl)ccc1CN1CC2(CNC(=O)C2)C1. The fraction of sp³-hybridized carbons (Fsp3) is 0.351. The summed E-state index contributed by atoms with van der Waals surface area (Å²) in [5.74, 6) is 0.605. The zero-order valence-electron chi connectivity index (χ0n) is 27.1. The minimum absolute atomic E-state index is 0.0718. The zero-order valence-corrected chi connectivity index (χ0v) is 27.9. The average molecular weight is 667 g/mol. The lowest BCUT2D eigenvalue weighted by molar-refractivity contribution is -0.120. The second-order valence-electron chi connectivity index (χ2n) is 13.3. The van der Waals surface area contributed by atoms with Gasteiger partial charge in [-0.15, -0.1) is 0 Å². The number of amides is 2. The lowest BCUT2D eigenvalue weighted by atomic mass is 9.79. The summed E-state index contributed by atoms with van der Waals surface area (Å²) in [6.45, 7) is 7.43. The van der Waals surface area contributed by atoms with Crippen molar-refractivity contribution in [1.82, 2.24) is 25.1 Å². The van der Waals surface area contributed by atoms with Crippen molar-refractivity contribution >= 4 is 29.1 Å². The van der Waals surface area contributed by atoms with E-state index in [1.807, 2.05) is 49.4 Å². The van der Waals surface area contributed by atoms with E-state index in [9.17, 15) is 14.7 Å². The number of pyridine rings is 2. The number of hydrogen-bond acceptors (Lipinski definition) is 8. The molecule has 3 saturated heterocycles. The average Bonchev–Trinajstić information content (AvgIpc) is 3.67.